The molecule has 0 amide bonds. The van der Waals surface area contributed by atoms with Crippen LogP contribution in [0.5, 0.6) is 11.5 Å². The van der Waals surface area contributed by atoms with Crippen LogP contribution in [0.2, 0.25) is 0 Å². The fourth-order valence-electron chi connectivity index (χ4n) is 2.56. The summed E-state index contributed by atoms with van der Waals surface area (Å²) in [5.74, 6) is 1.92. The first-order chi connectivity index (χ1) is 10.4. The smallest absolute Gasteiger partial charge is 0.124 e. The molecule has 0 aliphatic carbocycles. The van der Waals surface area contributed by atoms with Crippen LogP contribution in [0.4, 0.5) is 0 Å². The summed E-state index contributed by atoms with van der Waals surface area (Å²) in [5.41, 5.74) is 1.86. The van der Waals surface area contributed by atoms with Gasteiger partial charge in [0.2, 0.25) is 0 Å². The van der Waals surface area contributed by atoms with E-state index in [1.165, 1.54) is 11.1 Å². The van der Waals surface area contributed by atoms with Crippen LogP contribution in [-0.4, -0.2) is 11.2 Å². The van der Waals surface area contributed by atoms with E-state index in [1.54, 1.807) is 0 Å². The molecule has 2 heteroatoms. The number of hydrogen-bond acceptors (Lipinski definition) is 2. The number of ether oxygens (including phenoxy) is 2. The van der Waals surface area contributed by atoms with Gasteiger partial charge in [-0.15, -0.1) is 0 Å². The van der Waals surface area contributed by atoms with Crippen molar-refractivity contribution < 1.29 is 9.47 Å². The molecule has 0 heterocycles. The molecule has 1 aromatic rings. The summed E-state index contributed by atoms with van der Waals surface area (Å²) < 4.78 is 12.6. The molecule has 0 aliphatic heterocycles. The molecule has 0 fully saturated rings. The SMILES string of the molecule is CC(C)(C)Oc1cc(C(C)(C)C)c(OC(C)(C)C)cc1C(C)(C)C. The third kappa shape index (κ3) is 6.03. The second-order valence-electron chi connectivity index (χ2n) is 10.8. The highest BCUT2D eigenvalue weighted by Crippen LogP contribution is 2.43. The molecule has 0 radical (unpaired) electrons. The lowest BCUT2D eigenvalue weighted by Crippen LogP contribution is -2.28. The average Bonchev–Trinajstić information content (AvgIpc) is 2.23. The number of benzene rings is 1. The lowest BCUT2D eigenvalue weighted by molar-refractivity contribution is 0.120. The quantitative estimate of drug-likeness (QED) is 0.604. The van der Waals surface area contributed by atoms with Gasteiger partial charge in [0.15, 0.2) is 0 Å². The molecule has 1 aromatic carbocycles. The van der Waals surface area contributed by atoms with Crippen LogP contribution in [0.15, 0.2) is 12.1 Å². The Bertz CT molecular complexity index is 516. The fraction of sp³-hybridized carbons (Fsp3) is 0.727. The van der Waals surface area contributed by atoms with Gasteiger partial charge >= 0.3 is 0 Å². The first-order valence-corrected chi connectivity index (χ1v) is 8.97. The van der Waals surface area contributed by atoms with Gasteiger partial charge in [-0.2, -0.15) is 0 Å². The van der Waals surface area contributed by atoms with Gasteiger partial charge in [0.05, 0.1) is 0 Å². The zero-order valence-corrected chi connectivity index (χ0v) is 18.0. The van der Waals surface area contributed by atoms with Crippen LogP contribution < -0.4 is 9.47 Å². The summed E-state index contributed by atoms with van der Waals surface area (Å²) in [6.45, 7) is 25.9. The van der Waals surface area contributed by atoms with Gasteiger partial charge in [0, 0.05) is 11.1 Å². The maximum Gasteiger partial charge on any atom is 0.124 e. The van der Waals surface area contributed by atoms with Gasteiger partial charge in [0.25, 0.3) is 0 Å². The normalized spacial score (nSPS) is 13.8. The monoisotopic (exact) mass is 334 g/mol. The molecule has 24 heavy (non-hydrogen) atoms. The maximum absolute atomic E-state index is 6.32. The van der Waals surface area contributed by atoms with Crippen LogP contribution in [0.25, 0.3) is 0 Å². The van der Waals surface area contributed by atoms with Crippen LogP contribution >= 0.6 is 0 Å². The number of rotatable bonds is 2. The first kappa shape index (κ1) is 20.9. The predicted octanol–water partition coefficient (Wildman–Crippen LogP) is 6.64. The molecule has 2 nitrogen and oxygen atoms in total. The second-order valence-corrected chi connectivity index (χ2v) is 10.8. The Kier molecular flexibility index (Phi) is 5.46. The van der Waals surface area contributed by atoms with Crippen LogP contribution in [0, 0.1) is 0 Å². The topological polar surface area (TPSA) is 18.5 Å². The van der Waals surface area contributed by atoms with Gasteiger partial charge in [0.1, 0.15) is 22.7 Å². The Balaban J connectivity index is 3.66. The van der Waals surface area contributed by atoms with E-state index in [4.69, 9.17) is 9.47 Å². The highest BCUT2D eigenvalue weighted by atomic mass is 16.5. The molecular weight excluding hydrogens is 296 g/mol. The lowest BCUT2D eigenvalue weighted by atomic mass is 9.80. The molecule has 0 atom stereocenters. The van der Waals surface area contributed by atoms with Crippen molar-refractivity contribution in [3.63, 3.8) is 0 Å². The molecule has 0 saturated heterocycles. The van der Waals surface area contributed by atoms with Crippen molar-refractivity contribution in [1.82, 2.24) is 0 Å². The standard InChI is InChI=1S/C22H38O2/c1-19(2,3)15-13-18(24-22(10,11)12)16(20(4,5)6)14-17(15)23-21(7,8)9/h13-14H,1-12H3. The fourth-order valence-corrected chi connectivity index (χ4v) is 2.56. The minimum absolute atomic E-state index is 0.0208. The maximum atomic E-state index is 6.32. The summed E-state index contributed by atoms with van der Waals surface area (Å²) in [7, 11) is 0. The van der Waals surface area contributed by atoms with Crippen molar-refractivity contribution in [2.45, 2.75) is 105 Å². The largest absolute Gasteiger partial charge is 0.488 e. The second kappa shape index (κ2) is 6.28. The van der Waals surface area contributed by atoms with E-state index in [9.17, 15) is 0 Å². The highest BCUT2D eigenvalue weighted by Gasteiger charge is 2.29. The molecule has 0 aliphatic rings. The third-order valence-corrected chi connectivity index (χ3v) is 3.53. The van der Waals surface area contributed by atoms with Crippen molar-refractivity contribution in [3.8, 4) is 11.5 Å². The van der Waals surface area contributed by atoms with E-state index >= 15 is 0 Å². The van der Waals surface area contributed by atoms with Gasteiger partial charge in [-0.3, -0.25) is 0 Å². The zero-order valence-electron chi connectivity index (χ0n) is 18.0. The van der Waals surface area contributed by atoms with Crippen molar-refractivity contribution in [1.29, 1.82) is 0 Å². The molecule has 0 aromatic heterocycles. The van der Waals surface area contributed by atoms with Crippen LogP contribution in [0.3, 0.4) is 0 Å². The zero-order chi connectivity index (χ0) is 19.1. The van der Waals surface area contributed by atoms with Crippen molar-refractivity contribution in [2.24, 2.45) is 0 Å². The Morgan fingerprint density at radius 2 is 0.750 bits per heavy atom. The summed E-state index contributed by atoms with van der Waals surface area (Å²) in [5, 5.41) is 0. The van der Waals surface area contributed by atoms with Gasteiger partial charge < -0.3 is 9.47 Å². The molecular formula is C22H38O2. The third-order valence-electron chi connectivity index (χ3n) is 3.53. The summed E-state index contributed by atoms with van der Waals surface area (Å²) >= 11 is 0. The van der Waals surface area contributed by atoms with Crippen molar-refractivity contribution >= 4 is 0 Å². The molecule has 1 rings (SSSR count). The van der Waals surface area contributed by atoms with Crippen molar-refractivity contribution in [2.75, 3.05) is 0 Å². The molecule has 0 saturated carbocycles. The summed E-state index contributed by atoms with van der Waals surface area (Å²) in [6.07, 6.45) is 0. The molecule has 0 bridgehead atoms. The van der Waals surface area contributed by atoms with Crippen molar-refractivity contribution in [3.05, 3.63) is 23.3 Å². The van der Waals surface area contributed by atoms with Gasteiger partial charge in [-0.1, -0.05) is 41.5 Å². The first-order valence-electron chi connectivity index (χ1n) is 8.97. The van der Waals surface area contributed by atoms with E-state index in [0.717, 1.165) is 11.5 Å². The minimum atomic E-state index is -0.235. The summed E-state index contributed by atoms with van der Waals surface area (Å²) in [4.78, 5) is 0. The van der Waals surface area contributed by atoms with Crippen LogP contribution in [-0.2, 0) is 10.8 Å². The predicted molar refractivity (Wildman–Crippen MR) is 105 cm³/mol. The van der Waals surface area contributed by atoms with Gasteiger partial charge in [-0.05, 0) is 64.5 Å². The van der Waals surface area contributed by atoms with E-state index in [1.807, 2.05) is 0 Å². The van der Waals surface area contributed by atoms with E-state index < -0.39 is 0 Å². The Hall–Kier alpha value is -1.18. The van der Waals surface area contributed by atoms with Gasteiger partial charge in [-0.25, -0.2) is 0 Å². The molecule has 0 spiro atoms. The Labute approximate surface area is 149 Å². The lowest BCUT2D eigenvalue weighted by Gasteiger charge is -2.34. The van der Waals surface area contributed by atoms with Crippen LogP contribution in [0.1, 0.15) is 94.2 Å². The Morgan fingerprint density at radius 3 is 0.917 bits per heavy atom. The highest BCUT2D eigenvalue weighted by molar-refractivity contribution is 5.52. The molecule has 0 unspecified atom stereocenters. The molecule has 0 N–H and O–H groups in total. The number of hydrogen-bond donors (Lipinski definition) is 0. The average molecular weight is 335 g/mol. The molecule has 138 valence electrons. The summed E-state index contributed by atoms with van der Waals surface area (Å²) in [6, 6.07) is 4.37. The van der Waals surface area contributed by atoms with E-state index in [-0.39, 0.29) is 22.0 Å². The van der Waals surface area contributed by atoms with E-state index in [0.29, 0.717) is 0 Å². The van der Waals surface area contributed by atoms with E-state index in [2.05, 4.69) is 95.2 Å². The minimum Gasteiger partial charge on any atom is -0.488 e. The Morgan fingerprint density at radius 1 is 0.500 bits per heavy atom.